The fraction of sp³-hybridized carbons (Fsp3) is 0.625. The lowest BCUT2D eigenvalue weighted by atomic mass is 9.88. The molecule has 102 valence electrons. The molecule has 0 saturated carbocycles. The molecule has 0 aromatic heterocycles. The zero-order valence-electron chi connectivity index (χ0n) is 11.8. The first-order chi connectivity index (χ1) is 8.73. The number of halogens is 1. The molecule has 0 bridgehead atoms. The lowest BCUT2D eigenvalue weighted by Gasteiger charge is -2.20. The van der Waals surface area contributed by atoms with Crippen molar-refractivity contribution in [3.63, 3.8) is 0 Å². The van der Waals surface area contributed by atoms with Gasteiger partial charge in [0.1, 0.15) is 5.75 Å². The van der Waals surface area contributed by atoms with Crippen molar-refractivity contribution in [1.29, 1.82) is 0 Å². The fourth-order valence-corrected chi connectivity index (χ4v) is 2.88. The second-order valence-corrected chi connectivity index (χ2v) is 5.64. The highest BCUT2D eigenvalue weighted by Gasteiger charge is 2.13. The van der Waals surface area contributed by atoms with Crippen LogP contribution in [0.15, 0.2) is 24.3 Å². The predicted molar refractivity (Wildman–Crippen MR) is 82.7 cm³/mol. The van der Waals surface area contributed by atoms with Crippen molar-refractivity contribution in [3.05, 3.63) is 29.8 Å². The number of hydrogen-bond acceptors (Lipinski definition) is 1. The van der Waals surface area contributed by atoms with Crippen LogP contribution >= 0.6 is 15.9 Å². The summed E-state index contributed by atoms with van der Waals surface area (Å²) >= 11 is 3.66. The molecule has 0 saturated heterocycles. The normalized spacial score (nSPS) is 12.7. The van der Waals surface area contributed by atoms with Crippen LogP contribution in [0.5, 0.6) is 5.75 Å². The van der Waals surface area contributed by atoms with E-state index in [0.29, 0.717) is 0 Å². The average molecular weight is 313 g/mol. The Morgan fingerprint density at radius 3 is 2.11 bits per heavy atom. The molecule has 0 aliphatic carbocycles. The van der Waals surface area contributed by atoms with Crippen LogP contribution < -0.4 is 4.74 Å². The molecule has 1 aromatic carbocycles. The number of rotatable bonds is 8. The second-order valence-electron chi connectivity index (χ2n) is 4.99. The molecule has 1 unspecified atom stereocenters. The van der Waals surface area contributed by atoms with Gasteiger partial charge in [0, 0.05) is 5.33 Å². The van der Waals surface area contributed by atoms with Crippen LogP contribution in [0.3, 0.4) is 0 Å². The summed E-state index contributed by atoms with van der Waals surface area (Å²) in [5.41, 5.74) is 1.41. The van der Waals surface area contributed by atoms with Gasteiger partial charge in [-0.05, 0) is 42.4 Å². The van der Waals surface area contributed by atoms with Crippen molar-refractivity contribution in [3.8, 4) is 5.75 Å². The topological polar surface area (TPSA) is 9.23 Å². The van der Waals surface area contributed by atoms with Crippen molar-refractivity contribution < 1.29 is 4.74 Å². The Balaban J connectivity index is 2.55. The van der Waals surface area contributed by atoms with Gasteiger partial charge in [0.2, 0.25) is 0 Å². The third-order valence-corrected chi connectivity index (χ3v) is 4.64. The Morgan fingerprint density at radius 2 is 1.67 bits per heavy atom. The van der Waals surface area contributed by atoms with E-state index in [0.717, 1.165) is 29.3 Å². The summed E-state index contributed by atoms with van der Waals surface area (Å²) in [5.74, 6) is 2.54. The van der Waals surface area contributed by atoms with E-state index < -0.39 is 0 Å². The smallest absolute Gasteiger partial charge is 0.118 e. The molecule has 1 nitrogen and oxygen atoms in total. The number of hydrogen-bond donors (Lipinski definition) is 0. The molecule has 1 atom stereocenters. The van der Waals surface area contributed by atoms with E-state index >= 15 is 0 Å². The first-order valence-corrected chi connectivity index (χ1v) is 8.04. The van der Waals surface area contributed by atoms with Crippen LogP contribution in [0.4, 0.5) is 0 Å². The summed E-state index contributed by atoms with van der Waals surface area (Å²) in [7, 11) is 1.71. The highest BCUT2D eigenvalue weighted by Crippen LogP contribution is 2.24. The molecule has 0 heterocycles. The third-order valence-electron chi connectivity index (χ3n) is 3.72. The van der Waals surface area contributed by atoms with E-state index in [1.54, 1.807) is 7.11 Å². The van der Waals surface area contributed by atoms with Gasteiger partial charge in [0.25, 0.3) is 0 Å². The Bertz CT molecular complexity index is 316. The maximum Gasteiger partial charge on any atom is 0.118 e. The summed E-state index contributed by atoms with van der Waals surface area (Å²) in [6.07, 6.45) is 5.07. The van der Waals surface area contributed by atoms with Gasteiger partial charge < -0.3 is 4.74 Å². The Hall–Kier alpha value is -0.500. The van der Waals surface area contributed by atoms with E-state index in [9.17, 15) is 0 Å². The Labute approximate surface area is 120 Å². The fourth-order valence-electron chi connectivity index (χ4n) is 2.39. The Kier molecular flexibility index (Phi) is 7.41. The average Bonchev–Trinajstić information content (AvgIpc) is 2.44. The molecule has 0 amide bonds. The molecule has 0 radical (unpaired) electrons. The van der Waals surface area contributed by atoms with E-state index in [4.69, 9.17) is 4.74 Å². The van der Waals surface area contributed by atoms with Crippen LogP contribution in [0.1, 0.15) is 38.7 Å². The molecule has 18 heavy (non-hydrogen) atoms. The van der Waals surface area contributed by atoms with Gasteiger partial charge in [-0.3, -0.25) is 0 Å². The summed E-state index contributed by atoms with van der Waals surface area (Å²) in [6, 6.07) is 8.47. The van der Waals surface area contributed by atoms with Gasteiger partial charge in [-0.2, -0.15) is 0 Å². The van der Waals surface area contributed by atoms with Crippen LogP contribution in [-0.2, 0) is 6.42 Å². The lowest BCUT2D eigenvalue weighted by Crippen LogP contribution is -2.12. The van der Waals surface area contributed by atoms with Gasteiger partial charge in [-0.1, -0.05) is 54.8 Å². The van der Waals surface area contributed by atoms with E-state index in [2.05, 4.69) is 54.0 Å². The SMILES string of the molecule is CCC(CC)CC(CBr)Cc1ccc(OC)cc1. The minimum atomic E-state index is 0.739. The highest BCUT2D eigenvalue weighted by atomic mass is 79.9. The number of methoxy groups -OCH3 is 1. The van der Waals surface area contributed by atoms with Gasteiger partial charge in [0.05, 0.1) is 7.11 Å². The summed E-state index contributed by atoms with van der Waals surface area (Å²) in [6.45, 7) is 4.60. The number of alkyl halides is 1. The molecular formula is C16H25BrO. The zero-order chi connectivity index (χ0) is 13.4. The highest BCUT2D eigenvalue weighted by molar-refractivity contribution is 9.09. The minimum absolute atomic E-state index is 0.739. The maximum atomic E-state index is 5.19. The molecular weight excluding hydrogens is 288 g/mol. The number of benzene rings is 1. The molecule has 1 rings (SSSR count). The predicted octanol–water partition coefficient (Wildman–Crippen LogP) is 5.08. The van der Waals surface area contributed by atoms with E-state index in [-0.39, 0.29) is 0 Å². The summed E-state index contributed by atoms with van der Waals surface area (Å²) in [5, 5.41) is 1.09. The maximum absolute atomic E-state index is 5.19. The van der Waals surface area contributed by atoms with E-state index in [1.165, 1.54) is 24.8 Å². The minimum Gasteiger partial charge on any atom is -0.497 e. The molecule has 0 spiro atoms. The third kappa shape index (κ3) is 5.01. The quantitative estimate of drug-likeness (QED) is 0.608. The van der Waals surface area contributed by atoms with Crippen LogP contribution in [0.2, 0.25) is 0 Å². The first-order valence-electron chi connectivity index (χ1n) is 6.92. The number of ether oxygens (including phenoxy) is 1. The van der Waals surface area contributed by atoms with Crippen molar-refractivity contribution in [2.75, 3.05) is 12.4 Å². The van der Waals surface area contributed by atoms with Gasteiger partial charge in [0.15, 0.2) is 0 Å². The molecule has 1 aromatic rings. The van der Waals surface area contributed by atoms with Gasteiger partial charge >= 0.3 is 0 Å². The summed E-state index contributed by atoms with van der Waals surface area (Å²) in [4.78, 5) is 0. The van der Waals surface area contributed by atoms with Crippen molar-refractivity contribution in [2.24, 2.45) is 11.8 Å². The van der Waals surface area contributed by atoms with E-state index in [1.807, 2.05) is 0 Å². The second kappa shape index (κ2) is 8.58. The van der Waals surface area contributed by atoms with Crippen molar-refractivity contribution in [2.45, 2.75) is 39.5 Å². The standard InChI is InChI=1S/C16H25BrO/c1-4-13(5-2)10-15(12-17)11-14-6-8-16(18-3)9-7-14/h6-9,13,15H,4-5,10-12H2,1-3H3. The van der Waals surface area contributed by atoms with Crippen LogP contribution in [0, 0.1) is 11.8 Å². The first kappa shape index (κ1) is 15.6. The van der Waals surface area contributed by atoms with Crippen LogP contribution in [0.25, 0.3) is 0 Å². The molecule has 0 fully saturated rings. The molecule has 0 N–H and O–H groups in total. The molecule has 0 aliphatic heterocycles. The largest absolute Gasteiger partial charge is 0.497 e. The van der Waals surface area contributed by atoms with Crippen LogP contribution in [-0.4, -0.2) is 12.4 Å². The Morgan fingerprint density at radius 1 is 1.06 bits per heavy atom. The lowest BCUT2D eigenvalue weighted by molar-refractivity contribution is 0.374. The van der Waals surface area contributed by atoms with Crippen molar-refractivity contribution in [1.82, 2.24) is 0 Å². The zero-order valence-corrected chi connectivity index (χ0v) is 13.4. The monoisotopic (exact) mass is 312 g/mol. The molecule has 0 aliphatic rings. The van der Waals surface area contributed by atoms with Gasteiger partial charge in [-0.15, -0.1) is 0 Å². The van der Waals surface area contributed by atoms with Gasteiger partial charge in [-0.25, -0.2) is 0 Å². The summed E-state index contributed by atoms with van der Waals surface area (Å²) < 4.78 is 5.19. The van der Waals surface area contributed by atoms with Crippen molar-refractivity contribution >= 4 is 15.9 Å². The molecule has 2 heteroatoms.